The van der Waals surface area contributed by atoms with Gasteiger partial charge < -0.3 is 14.5 Å². The van der Waals surface area contributed by atoms with Crippen molar-refractivity contribution in [2.45, 2.75) is 12.7 Å². The topological polar surface area (TPSA) is 62.9 Å². The first-order chi connectivity index (χ1) is 11.4. The molecule has 0 unspecified atom stereocenters. The standard InChI is InChI=1S/C16H10F3N3O2/c17-16(18,19)10-3-1-4-11-9(10)7-21-6-2-5-12(21)14-13(15(23)24)20-8-22(11)14/h1-6,8H,7H2,(H,23,24)/p-1. The summed E-state index contributed by atoms with van der Waals surface area (Å²) in [6, 6.07) is 7.11. The first-order valence-electron chi connectivity index (χ1n) is 7.01. The molecule has 3 aromatic rings. The van der Waals surface area contributed by atoms with Crippen LogP contribution in [0.4, 0.5) is 13.2 Å². The lowest BCUT2D eigenvalue weighted by atomic mass is 10.0. The zero-order chi connectivity index (χ0) is 17.1. The van der Waals surface area contributed by atoms with Gasteiger partial charge in [-0.25, -0.2) is 4.98 Å². The van der Waals surface area contributed by atoms with Gasteiger partial charge in [0.1, 0.15) is 12.0 Å². The van der Waals surface area contributed by atoms with Crippen molar-refractivity contribution in [3.8, 4) is 17.1 Å². The van der Waals surface area contributed by atoms with Crippen LogP contribution < -0.4 is 5.11 Å². The second kappa shape index (κ2) is 4.73. The summed E-state index contributed by atoms with van der Waals surface area (Å²) < 4.78 is 43.1. The van der Waals surface area contributed by atoms with Crippen LogP contribution in [0.1, 0.15) is 21.6 Å². The minimum atomic E-state index is -4.51. The van der Waals surface area contributed by atoms with Crippen molar-refractivity contribution in [2.24, 2.45) is 0 Å². The summed E-state index contributed by atoms with van der Waals surface area (Å²) in [7, 11) is 0. The molecule has 0 saturated heterocycles. The van der Waals surface area contributed by atoms with Gasteiger partial charge in [0.15, 0.2) is 0 Å². The van der Waals surface area contributed by atoms with Gasteiger partial charge in [-0.3, -0.25) is 4.57 Å². The van der Waals surface area contributed by atoms with Crippen LogP contribution in [0, 0.1) is 0 Å². The predicted molar refractivity (Wildman–Crippen MR) is 75.4 cm³/mol. The molecule has 0 fully saturated rings. The van der Waals surface area contributed by atoms with E-state index in [9.17, 15) is 23.1 Å². The molecular formula is C16H9F3N3O2-. The van der Waals surface area contributed by atoms with Crippen molar-refractivity contribution >= 4 is 5.97 Å². The van der Waals surface area contributed by atoms with Crippen LogP contribution in [0.5, 0.6) is 0 Å². The molecule has 1 aliphatic heterocycles. The fourth-order valence-corrected chi connectivity index (χ4v) is 3.09. The normalized spacial score (nSPS) is 13.0. The first kappa shape index (κ1) is 14.6. The summed E-state index contributed by atoms with van der Waals surface area (Å²) in [6.45, 7) is -0.0263. The van der Waals surface area contributed by atoms with E-state index in [1.807, 2.05) is 0 Å². The van der Waals surface area contributed by atoms with E-state index >= 15 is 0 Å². The number of alkyl halides is 3. The molecule has 0 atom stereocenters. The predicted octanol–water partition coefficient (Wildman–Crippen LogP) is 2.08. The van der Waals surface area contributed by atoms with Crippen molar-refractivity contribution in [1.82, 2.24) is 14.1 Å². The number of rotatable bonds is 1. The molecule has 0 spiro atoms. The molecule has 3 heterocycles. The van der Waals surface area contributed by atoms with Gasteiger partial charge in [0.25, 0.3) is 0 Å². The summed E-state index contributed by atoms with van der Waals surface area (Å²) >= 11 is 0. The highest BCUT2D eigenvalue weighted by Gasteiger charge is 2.36. The Kier molecular flexibility index (Phi) is 2.87. The van der Waals surface area contributed by atoms with Gasteiger partial charge in [0.05, 0.1) is 35.2 Å². The second-order valence-corrected chi connectivity index (χ2v) is 5.42. The Morgan fingerprint density at radius 1 is 1.21 bits per heavy atom. The number of hydrogen-bond donors (Lipinski definition) is 0. The third kappa shape index (κ3) is 1.96. The molecule has 0 amide bonds. The Balaban J connectivity index is 2.10. The van der Waals surface area contributed by atoms with Crippen molar-refractivity contribution < 1.29 is 23.1 Å². The highest BCUT2D eigenvalue weighted by molar-refractivity contribution is 5.92. The van der Waals surface area contributed by atoms with Crippen LogP contribution >= 0.6 is 0 Å². The highest BCUT2D eigenvalue weighted by atomic mass is 19.4. The lowest BCUT2D eigenvalue weighted by molar-refractivity contribution is -0.255. The maximum Gasteiger partial charge on any atom is 0.416 e. The van der Waals surface area contributed by atoms with E-state index in [1.54, 1.807) is 22.9 Å². The molecule has 1 aromatic carbocycles. The van der Waals surface area contributed by atoms with Crippen molar-refractivity contribution in [1.29, 1.82) is 0 Å². The summed E-state index contributed by atoms with van der Waals surface area (Å²) in [4.78, 5) is 15.2. The summed E-state index contributed by atoms with van der Waals surface area (Å²) in [6.07, 6.45) is -1.70. The van der Waals surface area contributed by atoms with Crippen LogP contribution in [0.3, 0.4) is 0 Å². The minimum absolute atomic E-state index is 0.0263. The lowest BCUT2D eigenvalue weighted by Crippen LogP contribution is -2.23. The number of carboxylic acid groups (broad SMARTS) is 1. The van der Waals surface area contributed by atoms with Crippen LogP contribution in [0.2, 0.25) is 0 Å². The van der Waals surface area contributed by atoms with Gasteiger partial charge in [-0.05, 0) is 24.3 Å². The number of carbonyl (C=O) groups excluding carboxylic acids is 1. The monoisotopic (exact) mass is 332 g/mol. The molecule has 122 valence electrons. The Labute approximate surface area is 133 Å². The number of benzene rings is 1. The molecule has 2 aromatic heterocycles. The smallest absolute Gasteiger partial charge is 0.416 e. The molecule has 4 rings (SSSR count). The van der Waals surface area contributed by atoms with Gasteiger partial charge >= 0.3 is 6.18 Å². The third-order valence-electron chi connectivity index (χ3n) is 4.08. The number of halogens is 3. The second-order valence-electron chi connectivity index (χ2n) is 5.42. The van der Waals surface area contributed by atoms with E-state index in [2.05, 4.69) is 4.98 Å². The van der Waals surface area contributed by atoms with Gasteiger partial charge in [0.2, 0.25) is 0 Å². The molecule has 24 heavy (non-hydrogen) atoms. The quantitative estimate of drug-likeness (QED) is 0.536. The molecule has 0 saturated carbocycles. The Morgan fingerprint density at radius 3 is 2.71 bits per heavy atom. The zero-order valence-corrected chi connectivity index (χ0v) is 12.0. The largest absolute Gasteiger partial charge is 0.543 e. The molecule has 8 heteroatoms. The number of imidazole rings is 1. The maximum absolute atomic E-state index is 13.4. The molecule has 0 N–H and O–H groups in total. The van der Waals surface area contributed by atoms with E-state index < -0.39 is 17.7 Å². The van der Waals surface area contributed by atoms with Crippen molar-refractivity contribution in [2.75, 3.05) is 0 Å². The molecule has 5 nitrogen and oxygen atoms in total. The highest BCUT2D eigenvalue weighted by Crippen LogP contribution is 2.39. The van der Waals surface area contributed by atoms with Gasteiger partial charge in [0, 0.05) is 11.8 Å². The number of carboxylic acids is 1. The summed E-state index contributed by atoms with van der Waals surface area (Å²) in [5, 5.41) is 11.3. The summed E-state index contributed by atoms with van der Waals surface area (Å²) in [5.41, 5.74) is -0.0717. The average molecular weight is 332 g/mol. The zero-order valence-electron chi connectivity index (χ0n) is 12.0. The van der Waals surface area contributed by atoms with Crippen LogP contribution in [0.15, 0.2) is 42.9 Å². The summed E-state index contributed by atoms with van der Waals surface area (Å²) in [5.74, 6) is -1.48. The van der Waals surface area contributed by atoms with Crippen molar-refractivity contribution in [3.63, 3.8) is 0 Å². The number of carbonyl (C=O) groups is 1. The van der Waals surface area contributed by atoms with E-state index in [4.69, 9.17) is 0 Å². The molecule has 1 aliphatic rings. The number of aromatic carboxylic acids is 1. The third-order valence-corrected chi connectivity index (χ3v) is 4.08. The van der Waals surface area contributed by atoms with Crippen LogP contribution in [-0.2, 0) is 12.7 Å². The number of aromatic nitrogens is 3. The number of fused-ring (bicyclic) bond motifs is 5. The van der Waals surface area contributed by atoms with E-state index in [-0.39, 0.29) is 29.2 Å². The lowest BCUT2D eigenvalue weighted by Gasteiger charge is -2.16. The molecule has 0 bridgehead atoms. The SMILES string of the molecule is O=C([O-])c1ncn2c1-c1cccn1Cc1c-2cccc1C(F)(F)F. The van der Waals surface area contributed by atoms with E-state index in [1.165, 1.54) is 23.0 Å². The number of hydrogen-bond acceptors (Lipinski definition) is 3. The molecule has 0 aliphatic carbocycles. The van der Waals surface area contributed by atoms with Gasteiger partial charge in [-0.15, -0.1) is 0 Å². The van der Waals surface area contributed by atoms with E-state index in [0.717, 1.165) is 6.07 Å². The maximum atomic E-state index is 13.4. The Morgan fingerprint density at radius 2 is 2.00 bits per heavy atom. The van der Waals surface area contributed by atoms with Crippen molar-refractivity contribution in [3.05, 3.63) is 59.7 Å². The first-order valence-corrected chi connectivity index (χ1v) is 7.01. The Bertz CT molecular complexity index is 969. The fraction of sp³-hybridized carbons (Fsp3) is 0.125. The molecule has 0 radical (unpaired) electrons. The molecular weight excluding hydrogens is 323 g/mol. The van der Waals surface area contributed by atoms with Gasteiger partial charge in [-0.2, -0.15) is 13.2 Å². The average Bonchev–Trinajstić information content (AvgIpc) is 3.10. The van der Waals surface area contributed by atoms with E-state index in [0.29, 0.717) is 5.69 Å². The minimum Gasteiger partial charge on any atom is -0.543 e. The van der Waals surface area contributed by atoms with Crippen LogP contribution in [-0.4, -0.2) is 20.1 Å². The fourth-order valence-electron chi connectivity index (χ4n) is 3.09. The van der Waals surface area contributed by atoms with Crippen LogP contribution in [0.25, 0.3) is 17.1 Å². The van der Waals surface area contributed by atoms with Gasteiger partial charge in [-0.1, -0.05) is 6.07 Å². The number of nitrogens with zero attached hydrogens (tertiary/aromatic N) is 3. The Hall–Kier alpha value is -3.03.